The van der Waals surface area contributed by atoms with Crippen molar-refractivity contribution in [2.45, 2.75) is 39.7 Å². The number of carbonyl (C=O) groups is 1. The molecule has 0 aromatic heterocycles. The molecule has 1 saturated heterocycles. The quantitative estimate of drug-likeness (QED) is 0.438. The maximum Gasteiger partial charge on any atom is 0.225 e. The number of hydrogen-bond donors (Lipinski definition) is 2. The van der Waals surface area contributed by atoms with Crippen LogP contribution in [-0.2, 0) is 4.79 Å². The molecular weight excluding hydrogens is 259 g/mol. The van der Waals surface area contributed by atoms with Crippen molar-refractivity contribution in [1.29, 1.82) is 0 Å². The van der Waals surface area contributed by atoms with Crippen LogP contribution in [0, 0.1) is 5.92 Å². The van der Waals surface area contributed by atoms with Crippen LogP contribution in [-0.4, -0.2) is 55.7 Å². The summed E-state index contributed by atoms with van der Waals surface area (Å²) >= 11 is 0. The van der Waals surface area contributed by atoms with E-state index in [1.807, 2.05) is 25.7 Å². The van der Waals surface area contributed by atoms with Gasteiger partial charge in [-0.3, -0.25) is 14.2 Å². The summed E-state index contributed by atoms with van der Waals surface area (Å²) in [4.78, 5) is 18.1. The lowest BCUT2D eigenvalue weighted by atomic mass is 10.2. The van der Waals surface area contributed by atoms with Crippen LogP contribution >= 0.6 is 0 Å². The Morgan fingerprint density at radius 1 is 1.50 bits per heavy atom. The summed E-state index contributed by atoms with van der Waals surface area (Å²) in [6.07, 6.45) is 1.37. The number of hydrogen-bond acceptors (Lipinski definition) is 2. The lowest BCUT2D eigenvalue weighted by Crippen LogP contribution is -2.45. The van der Waals surface area contributed by atoms with Crippen LogP contribution in [0.4, 0.5) is 4.39 Å². The Morgan fingerprint density at radius 3 is 2.85 bits per heavy atom. The predicted octanol–water partition coefficient (Wildman–Crippen LogP) is 1.16. The molecule has 0 saturated carbocycles. The minimum Gasteiger partial charge on any atom is -0.357 e. The van der Waals surface area contributed by atoms with E-state index in [1.54, 1.807) is 0 Å². The zero-order valence-corrected chi connectivity index (χ0v) is 12.8. The molecule has 5 nitrogen and oxygen atoms in total. The average Bonchev–Trinajstić information content (AvgIpc) is 2.86. The maximum absolute atomic E-state index is 12.1. The van der Waals surface area contributed by atoms with Crippen LogP contribution < -0.4 is 10.6 Å². The summed E-state index contributed by atoms with van der Waals surface area (Å²) in [5.41, 5.74) is 0. The van der Waals surface area contributed by atoms with Crippen molar-refractivity contribution in [1.82, 2.24) is 15.5 Å². The van der Waals surface area contributed by atoms with Gasteiger partial charge in [0.25, 0.3) is 0 Å². The molecule has 116 valence electrons. The third-order valence-electron chi connectivity index (χ3n) is 3.24. The van der Waals surface area contributed by atoms with Gasteiger partial charge >= 0.3 is 0 Å². The lowest BCUT2D eigenvalue weighted by Gasteiger charge is -2.20. The summed E-state index contributed by atoms with van der Waals surface area (Å²) in [6, 6.07) is 0.223. The molecular formula is C14H27FN4O. The van der Waals surface area contributed by atoms with E-state index in [2.05, 4.69) is 15.6 Å². The van der Waals surface area contributed by atoms with E-state index in [1.165, 1.54) is 0 Å². The molecule has 2 N–H and O–H groups in total. The van der Waals surface area contributed by atoms with Gasteiger partial charge in [0.15, 0.2) is 5.96 Å². The van der Waals surface area contributed by atoms with Crippen LogP contribution in [0.25, 0.3) is 0 Å². The van der Waals surface area contributed by atoms with Gasteiger partial charge in [0, 0.05) is 38.1 Å². The third kappa shape index (κ3) is 5.35. The molecule has 1 amide bonds. The maximum atomic E-state index is 12.1. The van der Waals surface area contributed by atoms with Crippen molar-refractivity contribution in [3.8, 4) is 0 Å². The van der Waals surface area contributed by atoms with E-state index in [0.717, 1.165) is 19.5 Å². The van der Waals surface area contributed by atoms with Crippen LogP contribution in [0.3, 0.4) is 0 Å². The van der Waals surface area contributed by atoms with Crippen molar-refractivity contribution in [3.05, 3.63) is 0 Å². The second-order valence-electron chi connectivity index (χ2n) is 5.37. The number of amides is 1. The number of aliphatic imine (C=N–C) groups is 1. The van der Waals surface area contributed by atoms with Gasteiger partial charge in [0.05, 0.1) is 6.67 Å². The molecule has 1 fully saturated rings. The van der Waals surface area contributed by atoms with Gasteiger partial charge < -0.3 is 15.5 Å². The fourth-order valence-electron chi connectivity index (χ4n) is 2.21. The molecule has 0 aliphatic carbocycles. The van der Waals surface area contributed by atoms with Crippen LogP contribution in [0.5, 0.6) is 0 Å². The van der Waals surface area contributed by atoms with E-state index in [-0.39, 0.29) is 24.5 Å². The Balaban J connectivity index is 2.46. The first-order valence-corrected chi connectivity index (χ1v) is 7.48. The first-order valence-electron chi connectivity index (χ1n) is 7.48. The molecule has 1 heterocycles. The molecule has 1 unspecified atom stereocenters. The van der Waals surface area contributed by atoms with Gasteiger partial charge in [0.1, 0.15) is 0 Å². The van der Waals surface area contributed by atoms with E-state index < -0.39 is 0 Å². The van der Waals surface area contributed by atoms with Gasteiger partial charge in [-0.25, -0.2) is 0 Å². The standard InChI is InChI=1S/C14H27FN4O/c1-4-16-14(17-8-5-7-15)18-12-6-9-19(10-12)13(20)11(2)3/h11-12H,4-10H2,1-3H3,(H2,16,17,18). The second kappa shape index (κ2) is 8.76. The number of carbonyl (C=O) groups excluding carboxylic acids is 1. The Hall–Kier alpha value is -1.33. The Labute approximate surface area is 121 Å². The molecule has 1 rings (SSSR count). The SMILES string of the molecule is CCNC(=NCCCF)NC1CCN(C(=O)C(C)C)C1. The fraction of sp³-hybridized carbons (Fsp3) is 0.857. The Kier molecular flexibility index (Phi) is 7.33. The molecule has 0 radical (unpaired) electrons. The Morgan fingerprint density at radius 2 is 2.25 bits per heavy atom. The smallest absolute Gasteiger partial charge is 0.225 e. The molecule has 6 heteroatoms. The van der Waals surface area contributed by atoms with Crippen molar-refractivity contribution < 1.29 is 9.18 Å². The summed E-state index contributed by atoms with van der Waals surface area (Å²) < 4.78 is 12.1. The highest BCUT2D eigenvalue weighted by Crippen LogP contribution is 2.12. The number of rotatable bonds is 6. The van der Waals surface area contributed by atoms with Crippen molar-refractivity contribution in [2.75, 3.05) is 32.9 Å². The first-order chi connectivity index (χ1) is 9.58. The van der Waals surface area contributed by atoms with E-state index in [4.69, 9.17) is 0 Å². The lowest BCUT2D eigenvalue weighted by molar-refractivity contribution is -0.133. The molecule has 1 atom stereocenters. The van der Waals surface area contributed by atoms with Crippen molar-refractivity contribution in [2.24, 2.45) is 10.9 Å². The number of alkyl halides is 1. The zero-order valence-electron chi connectivity index (χ0n) is 12.8. The molecule has 1 aliphatic rings. The molecule has 0 aromatic carbocycles. The monoisotopic (exact) mass is 286 g/mol. The number of halogens is 1. The Bertz CT molecular complexity index is 333. The van der Waals surface area contributed by atoms with E-state index in [0.29, 0.717) is 25.5 Å². The van der Waals surface area contributed by atoms with Gasteiger partial charge in [-0.1, -0.05) is 13.8 Å². The fourth-order valence-corrected chi connectivity index (χ4v) is 2.21. The topological polar surface area (TPSA) is 56.7 Å². The van der Waals surface area contributed by atoms with Gasteiger partial charge in [-0.2, -0.15) is 0 Å². The molecule has 1 aliphatic heterocycles. The normalized spacial score (nSPS) is 19.6. The first kappa shape index (κ1) is 16.7. The molecule has 0 aromatic rings. The summed E-state index contributed by atoms with van der Waals surface area (Å²) in [7, 11) is 0. The number of nitrogens with zero attached hydrogens (tertiary/aromatic N) is 2. The van der Waals surface area contributed by atoms with Gasteiger partial charge in [0.2, 0.25) is 5.91 Å². The van der Waals surface area contributed by atoms with Crippen LogP contribution in [0.2, 0.25) is 0 Å². The van der Waals surface area contributed by atoms with Gasteiger partial charge in [-0.05, 0) is 19.8 Å². The summed E-state index contributed by atoms with van der Waals surface area (Å²) in [6.45, 7) is 8.24. The van der Waals surface area contributed by atoms with Crippen molar-refractivity contribution >= 4 is 11.9 Å². The summed E-state index contributed by atoms with van der Waals surface area (Å²) in [5, 5.41) is 6.47. The number of guanidine groups is 1. The van der Waals surface area contributed by atoms with Gasteiger partial charge in [-0.15, -0.1) is 0 Å². The third-order valence-corrected chi connectivity index (χ3v) is 3.24. The largest absolute Gasteiger partial charge is 0.357 e. The minimum atomic E-state index is -0.344. The number of likely N-dealkylation sites (tertiary alicyclic amines) is 1. The highest BCUT2D eigenvalue weighted by Gasteiger charge is 2.27. The molecule has 0 bridgehead atoms. The second-order valence-corrected chi connectivity index (χ2v) is 5.37. The van der Waals surface area contributed by atoms with Crippen LogP contribution in [0.1, 0.15) is 33.6 Å². The highest BCUT2D eigenvalue weighted by molar-refractivity contribution is 5.81. The minimum absolute atomic E-state index is 0.0419. The van der Waals surface area contributed by atoms with Crippen molar-refractivity contribution in [3.63, 3.8) is 0 Å². The number of nitrogens with one attached hydrogen (secondary N) is 2. The average molecular weight is 286 g/mol. The highest BCUT2D eigenvalue weighted by atomic mass is 19.1. The zero-order chi connectivity index (χ0) is 15.0. The summed E-state index contributed by atoms with van der Waals surface area (Å²) in [5.74, 6) is 0.957. The van der Waals surface area contributed by atoms with E-state index in [9.17, 15) is 9.18 Å². The molecule has 20 heavy (non-hydrogen) atoms. The molecule has 0 spiro atoms. The van der Waals surface area contributed by atoms with E-state index >= 15 is 0 Å². The predicted molar refractivity (Wildman–Crippen MR) is 79.5 cm³/mol. The van der Waals surface area contributed by atoms with Crippen LogP contribution in [0.15, 0.2) is 4.99 Å².